The molecule has 1 aliphatic rings. The average Bonchev–Trinajstić information content (AvgIpc) is 2.19. The molecular formula is C12H19N. The monoisotopic (exact) mass is 177 g/mol. The van der Waals surface area contributed by atoms with Gasteiger partial charge in [0.05, 0.1) is 0 Å². The smallest absolute Gasteiger partial charge is 0.0305 e. The van der Waals surface area contributed by atoms with E-state index in [1.54, 1.807) is 0 Å². The lowest BCUT2D eigenvalue weighted by molar-refractivity contribution is 0.271. The van der Waals surface area contributed by atoms with Crippen LogP contribution in [-0.4, -0.2) is 4.98 Å². The third-order valence-electron chi connectivity index (χ3n) is 2.82. The van der Waals surface area contributed by atoms with Crippen LogP contribution in [0.25, 0.3) is 0 Å². The zero-order chi connectivity index (χ0) is 9.73. The van der Waals surface area contributed by atoms with Crippen molar-refractivity contribution >= 4 is 0 Å². The van der Waals surface area contributed by atoms with Gasteiger partial charge in [0.2, 0.25) is 0 Å². The minimum atomic E-state index is 0.453. The van der Waals surface area contributed by atoms with Crippen molar-refractivity contribution in [2.45, 2.75) is 45.4 Å². The summed E-state index contributed by atoms with van der Waals surface area (Å²) >= 11 is 0. The highest BCUT2D eigenvalue weighted by atomic mass is 14.6. The van der Waals surface area contributed by atoms with Crippen LogP contribution < -0.4 is 0 Å². The van der Waals surface area contributed by atoms with Gasteiger partial charge in [-0.25, -0.2) is 0 Å². The molecule has 0 radical (unpaired) electrons. The van der Waals surface area contributed by atoms with E-state index in [2.05, 4.69) is 18.0 Å². The Balaban J connectivity index is 0.000000396. The fourth-order valence-electron chi connectivity index (χ4n) is 1.72. The van der Waals surface area contributed by atoms with E-state index in [1.807, 2.05) is 32.3 Å². The predicted octanol–water partition coefficient (Wildman–Crippen LogP) is 3.55. The molecule has 0 bridgehead atoms. The number of hydrogen-bond acceptors (Lipinski definition) is 1. The lowest BCUT2D eigenvalue weighted by atomic mass is 9.66. The van der Waals surface area contributed by atoms with Crippen LogP contribution in [0.5, 0.6) is 0 Å². The van der Waals surface area contributed by atoms with Gasteiger partial charge < -0.3 is 0 Å². The fraction of sp³-hybridized carbons (Fsp3) is 0.583. The summed E-state index contributed by atoms with van der Waals surface area (Å²) in [5.41, 5.74) is 1.86. The van der Waals surface area contributed by atoms with Gasteiger partial charge in [0.15, 0.2) is 0 Å². The maximum atomic E-state index is 4.13. The summed E-state index contributed by atoms with van der Waals surface area (Å²) in [5, 5.41) is 0. The molecule has 1 fully saturated rings. The SMILES string of the molecule is CC.CC1(c2cccnc2)CCC1. The molecule has 2 rings (SSSR count). The van der Waals surface area contributed by atoms with Crippen LogP contribution in [0.1, 0.15) is 45.6 Å². The predicted molar refractivity (Wildman–Crippen MR) is 56.8 cm³/mol. The molecule has 0 saturated heterocycles. The molecule has 0 aromatic carbocycles. The van der Waals surface area contributed by atoms with Crippen LogP contribution >= 0.6 is 0 Å². The van der Waals surface area contributed by atoms with Crippen molar-refractivity contribution in [3.05, 3.63) is 30.1 Å². The van der Waals surface area contributed by atoms with Crippen LogP contribution in [0.2, 0.25) is 0 Å². The summed E-state index contributed by atoms with van der Waals surface area (Å²) in [6.07, 6.45) is 7.88. The van der Waals surface area contributed by atoms with E-state index >= 15 is 0 Å². The standard InChI is InChI=1S/C10H13N.C2H6/c1-10(5-3-6-10)9-4-2-7-11-8-9;1-2/h2,4,7-8H,3,5-6H2,1H3;1-2H3. The number of hydrogen-bond donors (Lipinski definition) is 0. The Morgan fingerprint density at radius 1 is 1.31 bits per heavy atom. The second-order valence-electron chi connectivity index (χ2n) is 3.66. The second kappa shape index (κ2) is 4.40. The van der Waals surface area contributed by atoms with E-state index in [0.717, 1.165) is 0 Å². The normalized spacial score (nSPS) is 18.1. The van der Waals surface area contributed by atoms with E-state index in [0.29, 0.717) is 5.41 Å². The summed E-state index contributed by atoms with van der Waals surface area (Å²) in [6.45, 7) is 6.33. The van der Waals surface area contributed by atoms with E-state index in [9.17, 15) is 0 Å². The maximum absolute atomic E-state index is 4.13. The third-order valence-corrected chi connectivity index (χ3v) is 2.82. The number of nitrogens with zero attached hydrogens (tertiary/aromatic N) is 1. The second-order valence-corrected chi connectivity index (χ2v) is 3.66. The highest BCUT2D eigenvalue weighted by molar-refractivity contribution is 5.23. The quantitative estimate of drug-likeness (QED) is 0.639. The van der Waals surface area contributed by atoms with Crippen molar-refractivity contribution in [3.63, 3.8) is 0 Å². The van der Waals surface area contributed by atoms with Gasteiger partial charge in [-0.1, -0.05) is 33.3 Å². The Labute approximate surface area is 81.2 Å². The van der Waals surface area contributed by atoms with Gasteiger partial charge in [-0.15, -0.1) is 0 Å². The minimum Gasteiger partial charge on any atom is -0.264 e. The van der Waals surface area contributed by atoms with E-state index < -0.39 is 0 Å². The third kappa shape index (κ3) is 2.09. The molecule has 1 aliphatic carbocycles. The van der Waals surface area contributed by atoms with Gasteiger partial charge in [-0.3, -0.25) is 4.98 Å². The first kappa shape index (κ1) is 10.2. The van der Waals surface area contributed by atoms with Crippen molar-refractivity contribution < 1.29 is 0 Å². The van der Waals surface area contributed by atoms with Gasteiger partial charge in [0, 0.05) is 12.4 Å². The first-order valence-electron chi connectivity index (χ1n) is 5.22. The zero-order valence-corrected chi connectivity index (χ0v) is 8.88. The van der Waals surface area contributed by atoms with Crippen LogP contribution in [0.15, 0.2) is 24.5 Å². The molecule has 13 heavy (non-hydrogen) atoms. The molecule has 0 atom stereocenters. The molecular weight excluding hydrogens is 158 g/mol. The van der Waals surface area contributed by atoms with Gasteiger partial charge in [-0.05, 0) is 29.9 Å². The Morgan fingerprint density at radius 3 is 2.38 bits per heavy atom. The number of rotatable bonds is 1. The molecule has 1 aromatic rings. The zero-order valence-electron chi connectivity index (χ0n) is 8.88. The molecule has 0 unspecified atom stereocenters. The molecule has 72 valence electrons. The van der Waals surface area contributed by atoms with Crippen LogP contribution in [0.4, 0.5) is 0 Å². The minimum absolute atomic E-state index is 0.453. The molecule has 1 aromatic heterocycles. The molecule has 0 amide bonds. The van der Waals surface area contributed by atoms with E-state index in [-0.39, 0.29) is 0 Å². The van der Waals surface area contributed by atoms with Gasteiger partial charge >= 0.3 is 0 Å². The van der Waals surface area contributed by atoms with Gasteiger partial charge in [0.25, 0.3) is 0 Å². The van der Waals surface area contributed by atoms with Crippen LogP contribution in [0, 0.1) is 0 Å². The Bertz CT molecular complexity index is 237. The molecule has 1 saturated carbocycles. The van der Waals surface area contributed by atoms with Crippen molar-refractivity contribution in [1.82, 2.24) is 4.98 Å². The van der Waals surface area contributed by atoms with Gasteiger partial charge in [-0.2, -0.15) is 0 Å². The first-order chi connectivity index (χ1) is 6.31. The Kier molecular flexibility index (Phi) is 3.47. The Hall–Kier alpha value is -0.850. The molecule has 1 heterocycles. The van der Waals surface area contributed by atoms with Crippen molar-refractivity contribution in [1.29, 1.82) is 0 Å². The molecule has 0 N–H and O–H groups in total. The summed E-state index contributed by atoms with van der Waals surface area (Å²) in [7, 11) is 0. The van der Waals surface area contributed by atoms with Crippen LogP contribution in [0.3, 0.4) is 0 Å². The lowest BCUT2D eigenvalue weighted by Crippen LogP contribution is -2.30. The molecule has 1 heteroatoms. The average molecular weight is 177 g/mol. The van der Waals surface area contributed by atoms with E-state index in [4.69, 9.17) is 0 Å². The molecule has 0 spiro atoms. The largest absolute Gasteiger partial charge is 0.264 e. The summed E-state index contributed by atoms with van der Waals surface area (Å²) in [5.74, 6) is 0. The number of pyridine rings is 1. The summed E-state index contributed by atoms with van der Waals surface area (Å²) in [4.78, 5) is 4.13. The summed E-state index contributed by atoms with van der Waals surface area (Å²) < 4.78 is 0. The van der Waals surface area contributed by atoms with Gasteiger partial charge in [0.1, 0.15) is 0 Å². The van der Waals surface area contributed by atoms with Crippen molar-refractivity contribution in [3.8, 4) is 0 Å². The summed E-state index contributed by atoms with van der Waals surface area (Å²) in [6, 6.07) is 4.21. The number of aromatic nitrogens is 1. The highest BCUT2D eigenvalue weighted by Crippen LogP contribution is 2.42. The molecule has 1 nitrogen and oxygen atoms in total. The Morgan fingerprint density at radius 2 is 2.00 bits per heavy atom. The first-order valence-corrected chi connectivity index (χ1v) is 5.22. The highest BCUT2D eigenvalue weighted by Gasteiger charge is 2.33. The topological polar surface area (TPSA) is 12.9 Å². The maximum Gasteiger partial charge on any atom is 0.0305 e. The van der Waals surface area contributed by atoms with E-state index in [1.165, 1.54) is 24.8 Å². The van der Waals surface area contributed by atoms with Crippen molar-refractivity contribution in [2.24, 2.45) is 0 Å². The lowest BCUT2D eigenvalue weighted by Gasteiger charge is -2.38. The van der Waals surface area contributed by atoms with Crippen LogP contribution in [-0.2, 0) is 5.41 Å². The molecule has 0 aliphatic heterocycles. The fourth-order valence-corrected chi connectivity index (χ4v) is 1.72. The van der Waals surface area contributed by atoms with Crippen molar-refractivity contribution in [2.75, 3.05) is 0 Å².